The van der Waals surface area contributed by atoms with Crippen LogP contribution in [0.3, 0.4) is 0 Å². The number of nitrogens with one attached hydrogen (secondary N) is 3. The number of alkyl carbamates (subject to hydrolysis) is 1. The fraction of sp³-hybridized carbons (Fsp3) is 0.579. The van der Waals surface area contributed by atoms with Crippen molar-refractivity contribution >= 4 is 36.0 Å². The molecular weight excluding hydrogens is 476 g/mol. The fourth-order valence-electron chi connectivity index (χ4n) is 2.36. The van der Waals surface area contributed by atoms with Gasteiger partial charge in [0.25, 0.3) is 0 Å². The normalized spacial score (nSPS) is 12.8. The first-order valence-electron chi connectivity index (χ1n) is 8.95. The summed E-state index contributed by atoms with van der Waals surface area (Å²) in [5.74, 6) is 0.370. The third-order valence-corrected chi connectivity index (χ3v) is 3.65. The largest absolute Gasteiger partial charge is 0.444 e. The van der Waals surface area contributed by atoms with E-state index < -0.39 is 11.7 Å². The molecule has 0 saturated carbocycles. The van der Waals surface area contributed by atoms with Crippen molar-refractivity contribution in [3.05, 3.63) is 35.6 Å². The number of likely N-dealkylation sites (N-methyl/N-ethyl adjacent to an activating group) is 1. The zero-order valence-corrected chi connectivity index (χ0v) is 19.8. The molecule has 9 heteroatoms. The summed E-state index contributed by atoms with van der Waals surface area (Å²) in [6.45, 7) is 6.96. The highest BCUT2D eigenvalue weighted by Crippen LogP contribution is 2.17. The topological polar surface area (TPSA) is 78.0 Å². The van der Waals surface area contributed by atoms with Crippen LogP contribution in [0.2, 0.25) is 0 Å². The Kier molecular flexibility index (Phi) is 12.0. The van der Waals surface area contributed by atoms with Crippen LogP contribution in [0.15, 0.2) is 29.3 Å². The molecular formula is C19H33FIN5O2. The average Bonchev–Trinajstić information content (AvgIpc) is 2.56. The highest BCUT2D eigenvalue weighted by Gasteiger charge is 2.16. The van der Waals surface area contributed by atoms with Crippen LogP contribution >= 0.6 is 24.0 Å². The van der Waals surface area contributed by atoms with Gasteiger partial charge in [0.15, 0.2) is 5.96 Å². The number of carbonyl (C=O) groups excluding carboxylic acids is 1. The zero-order valence-electron chi connectivity index (χ0n) is 17.5. The van der Waals surface area contributed by atoms with E-state index in [1.54, 1.807) is 19.2 Å². The predicted octanol–water partition coefficient (Wildman–Crippen LogP) is 2.74. The minimum Gasteiger partial charge on any atom is -0.444 e. The summed E-state index contributed by atoms with van der Waals surface area (Å²) in [5.41, 5.74) is 0.493. The van der Waals surface area contributed by atoms with Crippen molar-refractivity contribution in [3.63, 3.8) is 0 Å². The van der Waals surface area contributed by atoms with Gasteiger partial charge in [-0.15, -0.1) is 24.0 Å². The van der Waals surface area contributed by atoms with Gasteiger partial charge in [-0.1, -0.05) is 12.1 Å². The average molecular weight is 509 g/mol. The van der Waals surface area contributed by atoms with Crippen molar-refractivity contribution in [1.82, 2.24) is 20.9 Å². The number of guanidine groups is 1. The van der Waals surface area contributed by atoms with Crippen LogP contribution in [0.25, 0.3) is 0 Å². The number of carbonyl (C=O) groups is 1. The van der Waals surface area contributed by atoms with Gasteiger partial charge in [-0.3, -0.25) is 4.99 Å². The van der Waals surface area contributed by atoms with E-state index in [2.05, 4.69) is 25.8 Å². The molecule has 0 bridgehead atoms. The molecule has 160 valence electrons. The second-order valence-electron chi connectivity index (χ2n) is 7.34. The molecule has 0 aromatic heterocycles. The monoisotopic (exact) mass is 509 g/mol. The minimum atomic E-state index is -0.517. The third kappa shape index (κ3) is 10.6. The summed E-state index contributed by atoms with van der Waals surface area (Å²) in [5, 5.41) is 9.07. The zero-order chi connectivity index (χ0) is 20.4. The Morgan fingerprint density at radius 3 is 2.21 bits per heavy atom. The Morgan fingerprint density at radius 1 is 1.14 bits per heavy atom. The SMILES string of the molecule is CN=C(NCCNC(=O)OC(C)(C)C)NCC(c1ccc(F)cc1)N(C)C.I. The van der Waals surface area contributed by atoms with Crippen LogP contribution in [-0.2, 0) is 4.74 Å². The van der Waals surface area contributed by atoms with Crippen LogP contribution < -0.4 is 16.0 Å². The molecule has 1 aromatic rings. The Hall–Kier alpha value is -1.62. The first-order chi connectivity index (χ1) is 12.6. The van der Waals surface area contributed by atoms with E-state index in [0.717, 1.165) is 5.56 Å². The lowest BCUT2D eigenvalue weighted by Crippen LogP contribution is -2.44. The van der Waals surface area contributed by atoms with Crippen molar-refractivity contribution in [3.8, 4) is 0 Å². The first-order valence-corrected chi connectivity index (χ1v) is 8.95. The molecule has 1 amide bonds. The van der Waals surface area contributed by atoms with E-state index in [0.29, 0.717) is 25.6 Å². The van der Waals surface area contributed by atoms with Gasteiger partial charge in [0.2, 0.25) is 0 Å². The number of amides is 1. The molecule has 0 radical (unpaired) electrons. The molecule has 1 aromatic carbocycles. The Labute approximate surface area is 184 Å². The van der Waals surface area contributed by atoms with Crippen molar-refractivity contribution in [2.45, 2.75) is 32.4 Å². The van der Waals surface area contributed by atoms with Gasteiger partial charge >= 0.3 is 6.09 Å². The lowest BCUT2D eigenvalue weighted by molar-refractivity contribution is 0.0529. The van der Waals surface area contributed by atoms with Crippen molar-refractivity contribution in [2.24, 2.45) is 4.99 Å². The molecule has 1 atom stereocenters. The van der Waals surface area contributed by atoms with Gasteiger partial charge in [-0.25, -0.2) is 9.18 Å². The molecule has 0 spiro atoms. The summed E-state index contributed by atoms with van der Waals surface area (Å²) >= 11 is 0. The van der Waals surface area contributed by atoms with Gasteiger partial charge in [0.05, 0.1) is 6.04 Å². The van der Waals surface area contributed by atoms with Crippen molar-refractivity contribution < 1.29 is 13.9 Å². The predicted molar refractivity (Wildman–Crippen MR) is 122 cm³/mol. The Balaban J connectivity index is 0.00000729. The molecule has 0 aliphatic heterocycles. The number of benzene rings is 1. The van der Waals surface area contributed by atoms with Crippen LogP contribution in [0, 0.1) is 5.82 Å². The molecule has 1 unspecified atom stereocenters. The molecule has 0 aliphatic rings. The molecule has 0 saturated heterocycles. The van der Waals surface area contributed by atoms with Gasteiger partial charge in [0, 0.05) is 26.7 Å². The van der Waals surface area contributed by atoms with E-state index in [1.807, 2.05) is 34.9 Å². The summed E-state index contributed by atoms with van der Waals surface area (Å²) in [7, 11) is 5.62. The molecule has 1 rings (SSSR count). The number of nitrogens with zero attached hydrogens (tertiary/aromatic N) is 2. The number of ether oxygens (including phenoxy) is 1. The number of hydrogen-bond acceptors (Lipinski definition) is 4. The van der Waals surface area contributed by atoms with E-state index in [4.69, 9.17) is 4.74 Å². The minimum absolute atomic E-state index is 0. The maximum Gasteiger partial charge on any atom is 0.407 e. The fourth-order valence-corrected chi connectivity index (χ4v) is 2.36. The molecule has 3 N–H and O–H groups in total. The lowest BCUT2D eigenvalue weighted by atomic mass is 10.1. The first kappa shape index (κ1) is 26.4. The Morgan fingerprint density at radius 2 is 1.71 bits per heavy atom. The molecule has 0 fully saturated rings. The second-order valence-corrected chi connectivity index (χ2v) is 7.34. The summed E-state index contributed by atoms with van der Waals surface area (Å²) < 4.78 is 18.3. The maximum atomic E-state index is 13.1. The van der Waals surface area contributed by atoms with Gasteiger partial charge in [-0.05, 0) is 52.6 Å². The van der Waals surface area contributed by atoms with E-state index >= 15 is 0 Å². The molecule has 0 heterocycles. The molecule has 28 heavy (non-hydrogen) atoms. The standard InChI is InChI=1S/C19H32FN5O2.HI/c1-19(2,3)27-18(26)23-12-11-22-17(21-4)24-13-16(25(5)6)14-7-9-15(20)10-8-14;/h7-10,16H,11-13H2,1-6H3,(H,23,26)(H2,21,22,24);1H. The van der Waals surface area contributed by atoms with E-state index in [1.165, 1.54) is 12.1 Å². The smallest absolute Gasteiger partial charge is 0.407 e. The Bertz CT molecular complexity index is 618. The second kappa shape index (κ2) is 12.8. The van der Waals surface area contributed by atoms with Crippen LogP contribution in [0.1, 0.15) is 32.4 Å². The van der Waals surface area contributed by atoms with Gasteiger partial charge < -0.3 is 25.6 Å². The molecule has 7 nitrogen and oxygen atoms in total. The maximum absolute atomic E-state index is 13.1. The lowest BCUT2D eigenvalue weighted by Gasteiger charge is -2.26. The van der Waals surface area contributed by atoms with Crippen molar-refractivity contribution in [1.29, 1.82) is 0 Å². The van der Waals surface area contributed by atoms with Crippen LogP contribution in [0.5, 0.6) is 0 Å². The number of halogens is 2. The number of hydrogen-bond donors (Lipinski definition) is 3. The summed E-state index contributed by atoms with van der Waals surface area (Å²) in [6.07, 6.45) is -0.448. The van der Waals surface area contributed by atoms with Gasteiger partial charge in [-0.2, -0.15) is 0 Å². The van der Waals surface area contributed by atoms with E-state index in [-0.39, 0.29) is 35.8 Å². The van der Waals surface area contributed by atoms with E-state index in [9.17, 15) is 9.18 Å². The number of rotatable bonds is 7. The highest BCUT2D eigenvalue weighted by atomic mass is 127. The number of aliphatic imine (C=N–C) groups is 1. The summed E-state index contributed by atoms with van der Waals surface area (Å²) in [6, 6.07) is 6.54. The van der Waals surface area contributed by atoms with Crippen molar-refractivity contribution in [2.75, 3.05) is 40.8 Å². The quantitative estimate of drug-likeness (QED) is 0.228. The molecule has 0 aliphatic carbocycles. The summed E-state index contributed by atoms with van der Waals surface area (Å²) in [4.78, 5) is 17.8. The van der Waals surface area contributed by atoms with Crippen LogP contribution in [-0.4, -0.2) is 63.3 Å². The third-order valence-electron chi connectivity index (χ3n) is 3.65. The highest BCUT2D eigenvalue weighted by molar-refractivity contribution is 14.0. The van der Waals surface area contributed by atoms with Crippen LogP contribution in [0.4, 0.5) is 9.18 Å². The van der Waals surface area contributed by atoms with Gasteiger partial charge in [0.1, 0.15) is 11.4 Å².